The number of benzene rings is 2. The van der Waals surface area contributed by atoms with Crippen LogP contribution in [-0.4, -0.2) is 15.2 Å². The van der Waals surface area contributed by atoms with Crippen molar-refractivity contribution in [1.82, 2.24) is 9.38 Å². The first-order valence-electron chi connectivity index (χ1n) is 8.93. The Morgan fingerprint density at radius 1 is 1.00 bits per heavy atom. The van der Waals surface area contributed by atoms with Gasteiger partial charge in [0.05, 0.1) is 5.69 Å². The Balaban J connectivity index is 1.49. The van der Waals surface area contributed by atoms with Crippen molar-refractivity contribution in [3.8, 4) is 11.1 Å². The van der Waals surface area contributed by atoms with Gasteiger partial charge in [-0.05, 0) is 36.1 Å². The summed E-state index contributed by atoms with van der Waals surface area (Å²) >= 11 is 6.02. The molecule has 3 nitrogen and oxygen atoms in total. The van der Waals surface area contributed by atoms with Crippen LogP contribution in [0.4, 0.5) is 0 Å². The second-order valence-electron chi connectivity index (χ2n) is 6.61. The number of carbonyl (C=O) groups is 1. The van der Waals surface area contributed by atoms with E-state index < -0.39 is 0 Å². The van der Waals surface area contributed by atoms with Gasteiger partial charge in [-0.1, -0.05) is 66.2 Å². The number of nitrogens with zero attached hydrogens (tertiary/aromatic N) is 2. The smallest absolute Gasteiger partial charge is 0.181 e. The molecule has 0 aliphatic carbocycles. The lowest BCUT2D eigenvalue weighted by atomic mass is 10.0. The summed E-state index contributed by atoms with van der Waals surface area (Å²) in [6.45, 7) is 1.86. The zero-order valence-corrected chi connectivity index (χ0v) is 15.8. The average molecular weight is 375 g/mol. The highest BCUT2D eigenvalue weighted by Crippen LogP contribution is 2.21. The summed E-state index contributed by atoms with van der Waals surface area (Å²) in [6, 6.07) is 22.2. The molecule has 0 aliphatic heterocycles. The number of fused-ring (bicyclic) bond motifs is 1. The van der Waals surface area contributed by atoms with E-state index in [1.165, 1.54) is 11.1 Å². The summed E-state index contributed by atoms with van der Waals surface area (Å²) in [4.78, 5) is 17.2. The second-order valence-corrected chi connectivity index (χ2v) is 7.04. The number of carbonyl (C=O) groups excluding carboxylic acids is 1. The van der Waals surface area contributed by atoms with Crippen LogP contribution >= 0.6 is 11.6 Å². The van der Waals surface area contributed by atoms with Gasteiger partial charge in [0.25, 0.3) is 0 Å². The summed E-state index contributed by atoms with van der Waals surface area (Å²) < 4.78 is 1.82. The summed E-state index contributed by atoms with van der Waals surface area (Å²) in [5.74, 6) is 0.0921. The number of pyridine rings is 1. The van der Waals surface area contributed by atoms with Gasteiger partial charge in [-0.2, -0.15) is 0 Å². The van der Waals surface area contributed by atoms with E-state index in [4.69, 9.17) is 11.6 Å². The van der Waals surface area contributed by atoms with E-state index in [0.717, 1.165) is 11.3 Å². The van der Waals surface area contributed by atoms with Crippen LogP contribution in [0.1, 0.15) is 28.2 Å². The first-order chi connectivity index (χ1) is 13.1. The topological polar surface area (TPSA) is 34.4 Å². The zero-order chi connectivity index (χ0) is 18.8. The van der Waals surface area contributed by atoms with E-state index in [2.05, 4.69) is 41.4 Å². The van der Waals surface area contributed by atoms with E-state index in [1.807, 2.05) is 29.5 Å². The van der Waals surface area contributed by atoms with Gasteiger partial charge in [-0.3, -0.25) is 9.20 Å². The summed E-state index contributed by atoms with van der Waals surface area (Å²) in [6.07, 6.45) is 2.95. The van der Waals surface area contributed by atoms with Gasteiger partial charge in [0.15, 0.2) is 5.78 Å². The lowest BCUT2D eigenvalue weighted by Crippen LogP contribution is -2.06. The molecule has 0 atom stereocenters. The van der Waals surface area contributed by atoms with Crippen LogP contribution in [0.5, 0.6) is 0 Å². The van der Waals surface area contributed by atoms with Crippen molar-refractivity contribution in [3.05, 3.63) is 94.9 Å². The van der Waals surface area contributed by atoms with Gasteiger partial charge in [0, 0.05) is 23.7 Å². The van der Waals surface area contributed by atoms with Crippen LogP contribution in [0.15, 0.2) is 72.9 Å². The lowest BCUT2D eigenvalue weighted by Gasteiger charge is -2.06. The SMILES string of the molecule is Cc1nc2cc(Cl)ccn2c1C(=O)CCc1ccc(-c2ccccc2)cc1. The fraction of sp³-hybridized carbons (Fsp3) is 0.130. The van der Waals surface area contributed by atoms with Crippen LogP contribution in [0.25, 0.3) is 16.8 Å². The molecule has 0 N–H and O–H groups in total. The van der Waals surface area contributed by atoms with E-state index >= 15 is 0 Å². The van der Waals surface area contributed by atoms with Gasteiger partial charge in [-0.15, -0.1) is 0 Å². The maximum absolute atomic E-state index is 12.8. The van der Waals surface area contributed by atoms with Gasteiger partial charge in [-0.25, -0.2) is 4.98 Å². The second kappa shape index (κ2) is 7.37. The first kappa shape index (κ1) is 17.5. The highest BCUT2D eigenvalue weighted by Gasteiger charge is 2.16. The van der Waals surface area contributed by atoms with Crippen molar-refractivity contribution >= 4 is 23.0 Å². The number of ketones is 1. The Morgan fingerprint density at radius 3 is 2.44 bits per heavy atom. The van der Waals surface area contributed by atoms with Crippen molar-refractivity contribution in [3.63, 3.8) is 0 Å². The lowest BCUT2D eigenvalue weighted by molar-refractivity contribution is 0.0976. The number of Topliss-reactive ketones (excluding diaryl/α,β-unsaturated/α-hetero) is 1. The third kappa shape index (κ3) is 3.64. The number of hydrogen-bond acceptors (Lipinski definition) is 2. The molecular weight excluding hydrogens is 356 g/mol. The molecule has 0 saturated carbocycles. The molecule has 0 radical (unpaired) electrons. The average Bonchev–Trinajstić information content (AvgIpc) is 3.02. The van der Waals surface area contributed by atoms with Gasteiger partial charge >= 0.3 is 0 Å². The first-order valence-corrected chi connectivity index (χ1v) is 9.31. The molecule has 2 aromatic carbocycles. The maximum atomic E-state index is 12.8. The number of halogens is 1. The maximum Gasteiger partial charge on any atom is 0.181 e. The van der Waals surface area contributed by atoms with E-state index in [0.29, 0.717) is 29.2 Å². The van der Waals surface area contributed by atoms with Crippen LogP contribution < -0.4 is 0 Å². The fourth-order valence-electron chi connectivity index (χ4n) is 3.34. The Hall–Kier alpha value is -2.91. The molecule has 2 heterocycles. The molecule has 2 aromatic heterocycles. The Labute approximate surface area is 163 Å². The van der Waals surface area contributed by atoms with Crippen LogP contribution in [0.3, 0.4) is 0 Å². The molecule has 0 bridgehead atoms. The molecule has 0 fully saturated rings. The fourth-order valence-corrected chi connectivity index (χ4v) is 3.50. The molecule has 4 aromatic rings. The Kier molecular flexibility index (Phi) is 4.78. The van der Waals surface area contributed by atoms with E-state index in [1.54, 1.807) is 18.3 Å². The molecule has 0 unspecified atom stereocenters. The highest BCUT2D eigenvalue weighted by molar-refractivity contribution is 6.30. The van der Waals surface area contributed by atoms with E-state index in [-0.39, 0.29) is 5.78 Å². The van der Waals surface area contributed by atoms with Crippen LogP contribution in [0, 0.1) is 6.92 Å². The third-order valence-corrected chi connectivity index (χ3v) is 4.96. The van der Waals surface area contributed by atoms with Crippen molar-refractivity contribution in [1.29, 1.82) is 0 Å². The quantitative estimate of drug-likeness (QED) is 0.415. The molecule has 0 aliphatic rings. The highest BCUT2D eigenvalue weighted by atomic mass is 35.5. The predicted molar refractivity (Wildman–Crippen MR) is 109 cm³/mol. The number of rotatable bonds is 5. The molecule has 0 saturated heterocycles. The number of imidazole rings is 1. The minimum absolute atomic E-state index is 0.0921. The zero-order valence-electron chi connectivity index (χ0n) is 15.0. The standard InChI is InChI=1S/C23H19ClN2O/c1-16-23(26-14-13-20(24)15-22(26)25-16)21(27)12-9-17-7-10-19(11-8-17)18-5-3-2-4-6-18/h2-8,10-11,13-15H,9,12H2,1H3. The minimum atomic E-state index is 0.0921. The summed E-state index contributed by atoms with van der Waals surface area (Å²) in [7, 11) is 0. The minimum Gasteiger partial charge on any atom is -0.297 e. The molecule has 0 amide bonds. The molecule has 4 heteroatoms. The Morgan fingerprint density at radius 2 is 1.70 bits per heavy atom. The molecule has 27 heavy (non-hydrogen) atoms. The monoisotopic (exact) mass is 374 g/mol. The number of hydrogen-bond donors (Lipinski definition) is 0. The number of aromatic nitrogens is 2. The largest absolute Gasteiger partial charge is 0.297 e. The van der Waals surface area contributed by atoms with E-state index in [9.17, 15) is 4.79 Å². The predicted octanol–water partition coefficient (Wildman–Crippen LogP) is 5.78. The Bertz CT molecular complexity index is 1100. The van der Waals surface area contributed by atoms with Crippen LogP contribution in [0.2, 0.25) is 5.02 Å². The van der Waals surface area contributed by atoms with Crippen molar-refractivity contribution in [2.45, 2.75) is 19.8 Å². The van der Waals surface area contributed by atoms with Gasteiger partial charge < -0.3 is 0 Å². The van der Waals surface area contributed by atoms with Crippen molar-refractivity contribution in [2.24, 2.45) is 0 Å². The van der Waals surface area contributed by atoms with Crippen molar-refractivity contribution < 1.29 is 4.79 Å². The molecule has 4 rings (SSSR count). The molecule has 0 spiro atoms. The normalized spacial score (nSPS) is 11.0. The van der Waals surface area contributed by atoms with Gasteiger partial charge in [0.2, 0.25) is 0 Å². The molecule has 134 valence electrons. The van der Waals surface area contributed by atoms with Crippen molar-refractivity contribution in [2.75, 3.05) is 0 Å². The van der Waals surface area contributed by atoms with Gasteiger partial charge in [0.1, 0.15) is 11.3 Å². The number of aryl methyl sites for hydroxylation is 2. The summed E-state index contributed by atoms with van der Waals surface area (Å²) in [5.41, 5.74) is 5.61. The molecular formula is C23H19ClN2O. The summed E-state index contributed by atoms with van der Waals surface area (Å²) in [5, 5.41) is 0.616. The van der Waals surface area contributed by atoms with Crippen LogP contribution in [-0.2, 0) is 6.42 Å². The third-order valence-electron chi connectivity index (χ3n) is 4.73.